The fourth-order valence-electron chi connectivity index (χ4n) is 4.08. The lowest BCUT2D eigenvalue weighted by Crippen LogP contribution is -2.36. The molecule has 8 heteroatoms. The lowest BCUT2D eigenvalue weighted by atomic mass is 10.1. The first-order chi connectivity index (χ1) is 14.4. The Hall–Kier alpha value is -1.83. The molecule has 0 spiro atoms. The Balaban J connectivity index is 1.65. The molecule has 2 heterocycles. The molecule has 1 aliphatic heterocycles. The summed E-state index contributed by atoms with van der Waals surface area (Å²) in [4.78, 5) is 15.2. The van der Waals surface area contributed by atoms with Gasteiger partial charge in [-0.3, -0.25) is 4.79 Å². The van der Waals surface area contributed by atoms with E-state index in [2.05, 4.69) is 0 Å². The molecule has 0 N–H and O–H groups in total. The van der Waals surface area contributed by atoms with Crippen molar-refractivity contribution >= 4 is 27.5 Å². The molecule has 1 saturated heterocycles. The lowest BCUT2D eigenvalue weighted by Gasteiger charge is -2.28. The molecule has 30 heavy (non-hydrogen) atoms. The number of carbonyl (C=O) groups is 1. The summed E-state index contributed by atoms with van der Waals surface area (Å²) in [7, 11) is -3.75. The molecule has 1 amide bonds. The molecule has 1 aliphatic carbocycles. The van der Waals surface area contributed by atoms with Gasteiger partial charge in [0, 0.05) is 24.7 Å². The first-order valence-electron chi connectivity index (χ1n) is 10.6. The van der Waals surface area contributed by atoms with Crippen LogP contribution in [0.5, 0.6) is 0 Å². The van der Waals surface area contributed by atoms with Crippen molar-refractivity contribution in [2.24, 2.45) is 0 Å². The van der Waals surface area contributed by atoms with Crippen molar-refractivity contribution in [2.45, 2.75) is 62.4 Å². The van der Waals surface area contributed by atoms with Crippen LogP contribution in [0.25, 0.3) is 0 Å². The van der Waals surface area contributed by atoms with Crippen molar-refractivity contribution in [3.8, 4) is 0 Å². The quantitative estimate of drug-likeness (QED) is 0.629. The van der Waals surface area contributed by atoms with Crippen LogP contribution in [0.3, 0.4) is 0 Å². The van der Waals surface area contributed by atoms with Gasteiger partial charge in [0.25, 0.3) is 5.91 Å². The molecule has 4 rings (SSSR count). The van der Waals surface area contributed by atoms with E-state index in [0.717, 1.165) is 38.5 Å². The number of rotatable bonds is 6. The Labute approximate surface area is 182 Å². The molecule has 1 atom stereocenters. The summed E-state index contributed by atoms with van der Waals surface area (Å²) in [5, 5.41) is 0.146. The average Bonchev–Trinajstić information content (AvgIpc) is 3.47. The van der Waals surface area contributed by atoms with E-state index in [0.29, 0.717) is 24.4 Å². The van der Waals surface area contributed by atoms with E-state index < -0.39 is 10.0 Å². The molecule has 6 nitrogen and oxygen atoms in total. The maximum absolute atomic E-state index is 13.4. The summed E-state index contributed by atoms with van der Waals surface area (Å²) in [6.07, 6.45) is 7.19. The van der Waals surface area contributed by atoms with Gasteiger partial charge in [-0.15, -0.1) is 0 Å². The third kappa shape index (κ3) is 4.29. The maximum Gasteiger partial charge on any atom is 0.254 e. The van der Waals surface area contributed by atoms with Gasteiger partial charge in [0.15, 0.2) is 0 Å². The minimum Gasteiger partial charge on any atom is -0.467 e. The van der Waals surface area contributed by atoms with Crippen molar-refractivity contribution in [1.82, 2.24) is 9.21 Å². The largest absolute Gasteiger partial charge is 0.467 e. The average molecular weight is 451 g/mol. The van der Waals surface area contributed by atoms with Crippen LogP contribution in [-0.2, 0) is 10.0 Å². The van der Waals surface area contributed by atoms with Crippen molar-refractivity contribution in [1.29, 1.82) is 0 Å². The molecular formula is C22H27ClN2O4S. The number of hydrogen-bond acceptors (Lipinski definition) is 4. The Morgan fingerprint density at radius 1 is 1.17 bits per heavy atom. The number of sulfonamides is 1. The molecule has 2 aromatic rings. The predicted octanol–water partition coefficient (Wildman–Crippen LogP) is 4.86. The predicted molar refractivity (Wildman–Crippen MR) is 115 cm³/mol. The summed E-state index contributed by atoms with van der Waals surface area (Å²) in [5.41, 5.74) is 0.332. The highest BCUT2D eigenvalue weighted by molar-refractivity contribution is 7.89. The van der Waals surface area contributed by atoms with Crippen molar-refractivity contribution in [3.05, 3.63) is 52.9 Å². The second-order valence-electron chi connectivity index (χ2n) is 8.10. The van der Waals surface area contributed by atoms with E-state index in [-0.39, 0.29) is 27.9 Å². The highest BCUT2D eigenvalue weighted by atomic mass is 35.5. The second kappa shape index (κ2) is 8.73. The summed E-state index contributed by atoms with van der Waals surface area (Å²) in [6, 6.07) is 8.12. The number of hydrogen-bond donors (Lipinski definition) is 0. The normalized spacial score (nSPS) is 19.3. The zero-order chi connectivity index (χ0) is 21.3. The van der Waals surface area contributed by atoms with Gasteiger partial charge in [-0.1, -0.05) is 24.4 Å². The topological polar surface area (TPSA) is 70.8 Å². The third-order valence-corrected chi connectivity index (χ3v) is 8.29. The Kier molecular flexibility index (Phi) is 6.23. The molecule has 1 aromatic carbocycles. The minimum atomic E-state index is -3.75. The number of furan rings is 1. The van der Waals surface area contributed by atoms with E-state index in [1.807, 2.05) is 13.0 Å². The van der Waals surface area contributed by atoms with Crippen LogP contribution < -0.4 is 0 Å². The Bertz CT molecular complexity index is 994. The second-order valence-corrected chi connectivity index (χ2v) is 10.4. The smallest absolute Gasteiger partial charge is 0.254 e. The van der Waals surface area contributed by atoms with E-state index in [4.69, 9.17) is 16.0 Å². The molecule has 2 fully saturated rings. The Morgan fingerprint density at radius 2 is 1.87 bits per heavy atom. The molecular weight excluding hydrogens is 424 g/mol. The van der Waals surface area contributed by atoms with Crippen LogP contribution in [0.15, 0.2) is 45.9 Å². The summed E-state index contributed by atoms with van der Waals surface area (Å²) < 4.78 is 33.6. The maximum atomic E-state index is 13.4. The molecule has 162 valence electrons. The van der Waals surface area contributed by atoms with E-state index >= 15 is 0 Å². The van der Waals surface area contributed by atoms with Gasteiger partial charge in [0.1, 0.15) is 10.7 Å². The minimum absolute atomic E-state index is 0.0123. The monoisotopic (exact) mass is 450 g/mol. The van der Waals surface area contributed by atoms with Gasteiger partial charge in [0.05, 0.1) is 17.3 Å². The zero-order valence-corrected chi connectivity index (χ0v) is 18.7. The van der Waals surface area contributed by atoms with Crippen LogP contribution in [0.2, 0.25) is 5.02 Å². The number of amides is 1. The first-order valence-corrected chi connectivity index (χ1v) is 12.4. The van der Waals surface area contributed by atoms with E-state index in [1.165, 1.54) is 16.4 Å². The fraction of sp³-hybridized carbons (Fsp3) is 0.500. The van der Waals surface area contributed by atoms with E-state index in [9.17, 15) is 13.2 Å². The van der Waals surface area contributed by atoms with Crippen LogP contribution in [-0.4, -0.2) is 42.7 Å². The molecule has 0 bridgehead atoms. The van der Waals surface area contributed by atoms with Crippen LogP contribution in [0, 0.1) is 0 Å². The standard InChI is InChI=1S/C22H27ClN2O4S/c1-16(20-7-6-14-29-20)25(18-9-10-18)22(26)17-8-11-19(23)21(15-17)30(27,28)24-12-4-2-3-5-13-24/h6-8,11,14-16,18H,2-5,9-10,12-13H2,1H3. The molecule has 1 aromatic heterocycles. The van der Waals surface area contributed by atoms with Crippen LogP contribution in [0.1, 0.15) is 67.6 Å². The fourth-order valence-corrected chi connectivity index (χ4v) is 6.10. The van der Waals surface area contributed by atoms with E-state index in [1.54, 1.807) is 23.3 Å². The SMILES string of the molecule is CC(c1ccco1)N(C(=O)c1ccc(Cl)c(S(=O)(=O)N2CCCCCC2)c1)C1CC1. The molecule has 2 aliphatic rings. The van der Waals surface area contributed by atoms with Gasteiger partial charge in [-0.2, -0.15) is 4.31 Å². The first kappa shape index (κ1) is 21.4. The number of halogens is 1. The number of carbonyl (C=O) groups excluding carboxylic acids is 1. The van der Waals surface area contributed by atoms with Gasteiger partial charge >= 0.3 is 0 Å². The van der Waals surface area contributed by atoms with Gasteiger partial charge in [-0.05, 0) is 62.9 Å². The molecule has 0 radical (unpaired) electrons. The van der Waals surface area contributed by atoms with Gasteiger partial charge in [-0.25, -0.2) is 8.42 Å². The third-order valence-electron chi connectivity index (χ3n) is 5.91. The highest BCUT2D eigenvalue weighted by Crippen LogP contribution is 2.36. The molecule has 1 unspecified atom stereocenters. The number of benzene rings is 1. The molecule has 1 saturated carbocycles. The number of nitrogens with zero attached hydrogens (tertiary/aromatic N) is 2. The summed E-state index contributed by atoms with van der Waals surface area (Å²) in [5.74, 6) is 0.506. The van der Waals surface area contributed by atoms with Crippen LogP contribution >= 0.6 is 11.6 Å². The van der Waals surface area contributed by atoms with Crippen molar-refractivity contribution in [2.75, 3.05) is 13.1 Å². The highest BCUT2D eigenvalue weighted by Gasteiger charge is 2.38. The van der Waals surface area contributed by atoms with Gasteiger partial charge < -0.3 is 9.32 Å². The van der Waals surface area contributed by atoms with Crippen molar-refractivity contribution in [3.63, 3.8) is 0 Å². The van der Waals surface area contributed by atoms with Gasteiger partial charge in [0.2, 0.25) is 10.0 Å². The summed E-state index contributed by atoms with van der Waals surface area (Å²) >= 11 is 6.30. The van der Waals surface area contributed by atoms with Crippen LogP contribution in [0.4, 0.5) is 0 Å². The zero-order valence-electron chi connectivity index (χ0n) is 17.1. The van der Waals surface area contributed by atoms with Crippen molar-refractivity contribution < 1.29 is 17.6 Å². The summed E-state index contributed by atoms with van der Waals surface area (Å²) in [6.45, 7) is 2.90. The lowest BCUT2D eigenvalue weighted by molar-refractivity contribution is 0.0652. The Morgan fingerprint density at radius 3 is 2.47 bits per heavy atom.